The van der Waals surface area contributed by atoms with Gasteiger partial charge in [-0.2, -0.15) is 13.2 Å². The summed E-state index contributed by atoms with van der Waals surface area (Å²) in [6.07, 6.45) is 0. The van der Waals surface area contributed by atoms with Crippen molar-refractivity contribution in [3.63, 3.8) is 0 Å². The van der Waals surface area contributed by atoms with Crippen molar-refractivity contribution >= 4 is 5.97 Å². The highest BCUT2D eigenvalue weighted by Gasteiger charge is 2.42. The average molecular weight is 191 g/mol. The predicted octanol–water partition coefficient (Wildman–Crippen LogP) is 1.40. The minimum atomic E-state index is -4.15. The minimum absolute atomic E-state index is 0.747. The maximum atomic E-state index is 12.6. The van der Waals surface area contributed by atoms with Crippen molar-refractivity contribution in [3.8, 4) is 0 Å². The Kier molecular flexibility index (Phi) is 2.22. The first-order valence-electron chi connectivity index (χ1n) is 3.19. The molecule has 70 valence electrons. The average Bonchev–Trinajstić information content (AvgIpc) is 2.04. The zero-order valence-corrected chi connectivity index (χ0v) is 6.17. The molecule has 0 unspecified atom stereocenters. The molecule has 1 heterocycles. The summed E-state index contributed by atoms with van der Waals surface area (Å²) in [6, 6.07) is 2.56. The molecule has 3 nitrogen and oxygen atoms in total. The number of nitrogens with zero attached hydrogens (tertiary/aromatic N) is 1. The van der Waals surface area contributed by atoms with Crippen LogP contribution >= 0.6 is 0 Å². The lowest BCUT2D eigenvalue weighted by atomic mass is 10.2. The first-order chi connectivity index (χ1) is 5.94. The van der Waals surface area contributed by atoms with Crippen LogP contribution in [0.25, 0.3) is 0 Å². The van der Waals surface area contributed by atoms with E-state index < -0.39 is 23.5 Å². The van der Waals surface area contributed by atoms with Gasteiger partial charge in [0.05, 0.1) is 0 Å². The highest BCUT2D eigenvalue weighted by molar-refractivity contribution is 5.76. The monoisotopic (exact) mass is 191 g/mol. The first-order valence-corrected chi connectivity index (χ1v) is 3.19. The van der Waals surface area contributed by atoms with Crippen molar-refractivity contribution in [1.82, 2.24) is 4.98 Å². The Morgan fingerprint density at radius 1 is 1.46 bits per heavy atom. The van der Waals surface area contributed by atoms with Gasteiger partial charge in [-0.05, 0) is 12.1 Å². The Hall–Kier alpha value is -1.59. The van der Waals surface area contributed by atoms with Crippen LogP contribution in [0.1, 0.15) is 5.69 Å². The quantitative estimate of drug-likeness (QED) is 0.718. The van der Waals surface area contributed by atoms with E-state index in [1.807, 2.05) is 0 Å². The van der Waals surface area contributed by atoms with Crippen molar-refractivity contribution in [1.29, 1.82) is 0 Å². The van der Waals surface area contributed by atoms with E-state index in [0.29, 0.717) is 0 Å². The van der Waals surface area contributed by atoms with Gasteiger partial charge in [-0.1, -0.05) is 6.07 Å². The van der Waals surface area contributed by atoms with Gasteiger partial charge in [0.25, 0.3) is 0 Å². The van der Waals surface area contributed by atoms with Gasteiger partial charge in [-0.3, -0.25) is 0 Å². The number of pyridine rings is 1. The molecule has 0 amide bonds. The molecule has 1 N–H and O–H groups in total. The van der Waals surface area contributed by atoms with Crippen molar-refractivity contribution in [2.45, 2.75) is 5.92 Å². The molecule has 0 aromatic carbocycles. The summed E-state index contributed by atoms with van der Waals surface area (Å²) in [7, 11) is 0. The summed E-state index contributed by atoms with van der Waals surface area (Å²) < 4.78 is 37.6. The van der Waals surface area contributed by atoms with Crippen LogP contribution in [0.2, 0.25) is 0 Å². The summed E-state index contributed by atoms with van der Waals surface area (Å²) in [5, 5.41) is 8.07. The number of carboxylic acid groups (broad SMARTS) is 1. The van der Waals surface area contributed by atoms with Crippen molar-refractivity contribution in [2.75, 3.05) is 0 Å². The molecule has 1 rings (SSSR count). The summed E-state index contributed by atoms with van der Waals surface area (Å²) in [6.45, 7) is 0. The van der Waals surface area contributed by atoms with Gasteiger partial charge in [0, 0.05) is 0 Å². The van der Waals surface area contributed by atoms with Gasteiger partial charge < -0.3 is 5.11 Å². The number of hydrogen-bond acceptors (Lipinski definition) is 2. The van der Waals surface area contributed by atoms with Gasteiger partial charge in [0.2, 0.25) is 5.95 Å². The Morgan fingerprint density at radius 2 is 2.08 bits per heavy atom. The van der Waals surface area contributed by atoms with Gasteiger partial charge in [-0.25, -0.2) is 9.78 Å². The van der Waals surface area contributed by atoms with E-state index in [1.165, 1.54) is 0 Å². The zero-order valence-electron chi connectivity index (χ0n) is 6.17. The van der Waals surface area contributed by atoms with Crippen LogP contribution < -0.4 is 0 Å². The molecule has 1 aromatic rings. The van der Waals surface area contributed by atoms with E-state index in [4.69, 9.17) is 5.11 Å². The van der Waals surface area contributed by atoms with Crippen LogP contribution in [0, 0.1) is 5.95 Å². The number of carbonyl (C=O) groups is 1. The normalized spacial score (nSPS) is 11.3. The minimum Gasteiger partial charge on any atom is -0.476 e. The summed E-state index contributed by atoms with van der Waals surface area (Å²) in [5.41, 5.74) is -1.11. The number of aliphatic carboxylic acids is 1. The molecule has 13 heavy (non-hydrogen) atoms. The third-order valence-corrected chi connectivity index (χ3v) is 1.31. The van der Waals surface area contributed by atoms with Gasteiger partial charge >= 0.3 is 11.9 Å². The van der Waals surface area contributed by atoms with Crippen LogP contribution in [0.3, 0.4) is 0 Å². The smallest absolute Gasteiger partial charge is 0.384 e. The summed E-state index contributed by atoms with van der Waals surface area (Å²) in [4.78, 5) is 12.8. The lowest BCUT2D eigenvalue weighted by molar-refractivity contribution is -0.167. The molecule has 0 bridgehead atoms. The predicted molar refractivity (Wildman–Crippen MR) is 35.7 cm³/mol. The van der Waals surface area contributed by atoms with E-state index in [9.17, 15) is 18.0 Å². The molecular weight excluding hydrogens is 187 g/mol. The van der Waals surface area contributed by atoms with Crippen LogP contribution in [-0.4, -0.2) is 16.1 Å². The van der Waals surface area contributed by atoms with Crippen LogP contribution in [0.15, 0.2) is 18.2 Å². The van der Waals surface area contributed by atoms with E-state index >= 15 is 0 Å². The molecule has 0 spiro atoms. The number of carboxylic acids is 1. The fraction of sp³-hybridized carbons (Fsp3) is 0.143. The Morgan fingerprint density at radius 3 is 2.54 bits per heavy atom. The van der Waals surface area contributed by atoms with E-state index in [2.05, 4.69) is 4.98 Å². The molecular formula is C7H4F3NO2. The molecule has 0 atom stereocenters. The molecule has 0 saturated heterocycles. The topological polar surface area (TPSA) is 50.2 Å². The highest BCUT2D eigenvalue weighted by atomic mass is 19.3. The number of hydrogen-bond donors (Lipinski definition) is 1. The first kappa shape index (κ1) is 9.50. The van der Waals surface area contributed by atoms with Crippen molar-refractivity contribution < 1.29 is 23.1 Å². The molecule has 1 aromatic heterocycles. The molecule has 0 aliphatic heterocycles. The van der Waals surface area contributed by atoms with Crippen LogP contribution in [-0.2, 0) is 10.7 Å². The molecule has 6 heteroatoms. The second kappa shape index (κ2) is 3.04. The van der Waals surface area contributed by atoms with Crippen LogP contribution in [0.4, 0.5) is 13.2 Å². The maximum Gasteiger partial charge on any atom is 0.384 e. The fourth-order valence-corrected chi connectivity index (χ4v) is 0.693. The molecule has 0 fully saturated rings. The van der Waals surface area contributed by atoms with E-state index in [1.54, 1.807) is 0 Å². The molecule has 0 saturated carbocycles. The molecule has 0 aliphatic rings. The van der Waals surface area contributed by atoms with Gasteiger partial charge in [0.1, 0.15) is 5.69 Å². The van der Waals surface area contributed by atoms with Gasteiger partial charge in [0.15, 0.2) is 0 Å². The zero-order chi connectivity index (χ0) is 10.1. The largest absolute Gasteiger partial charge is 0.476 e. The lowest BCUT2D eigenvalue weighted by Crippen LogP contribution is -2.26. The Bertz CT molecular complexity index is 340. The van der Waals surface area contributed by atoms with Crippen molar-refractivity contribution in [3.05, 3.63) is 29.8 Å². The lowest BCUT2D eigenvalue weighted by Gasteiger charge is -2.09. The fourth-order valence-electron chi connectivity index (χ4n) is 0.693. The SMILES string of the molecule is O=C(O)C(F)(F)c1cccc(F)n1. The van der Waals surface area contributed by atoms with Crippen LogP contribution in [0.5, 0.6) is 0 Å². The number of alkyl halides is 2. The van der Waals surface area contributed by atoms with Crippen molar-refractivity contribution in [2.24, 2.45) is 0 Å². The third-order valence-electron chi connectivity index (χ3n) is 1.31. The molecule has 0 radical (unpaired) electrons. The third kappa shape index (κ3) is 1.77. The number of aromatic nitrogens is 1. The number of halogens is 3. The summed E-state index contributed by atoms with van der Waals surface area (Å²) >= 11 is 0. The second-order valence-corrected chi connectivity index (χ2v) is 2.23. The Labute approximate surface area is 70.8 Å². The number of rotatable bonds is 2. The van der Waals surface area contributed by atoms with Gasteiger partial charge in [-0.15, -0.1) is 0 Å². The second-order valence-electron chi connectivity index (χ2n) is 2.23. The highest BCUT2D eigenvalue weighted by Crippen LogP contribution is 2.26. The molecule has 0 aliphatic carbocycles. The van der Waals surface area contributed by atoms with E-state index in [0.717, 1.165) is 18.2 Å². The van der Waals surface area contributed by atoms with E-state index in [-0.39, 0.29) is 0 Å². The standard InChI is InChI=1S/C7H4F3NO2/c8-5-3-1-2-4(11-5)7(9,10)6(12)13/h1-3H,(H,12,13). The Balaban J connectivity index is 3.14. The maximum absolute atomic E-state index is 12.6. The summed E-state index contributed by atoms with van der Waals surface area (Å²) in [5.74, 6) is -7.65.